The molecular weight excluding hydrogens is 344 g/mol. The number of nitrogens with one attached hydrogen (secondary N) is 2. The molecule has 2 aromatic rings. The highest BCUT2D eigenvalue weighted by molar-refractivity contribution is 6.06. The summed E-state index contributed by atoms with van der Waals surface area (Å²) in [5.74, 6) is -0.327. The maximum Gasteiger partial charge on any atom is 0.336 e. The SMILES string of the molecule is C[C@]1(CCc2ccc(OC(=O)/C=C/c3ccccc3)cc2)NC(=O)NC1=O. The van der Waals surface area contributed by atoms with Gasteiger partial charge in [0.25, 0.3) is 5.91 Å². The molecule has 6 heteroatoms. The zero-order valence-corrected chi connectivity index (χ0v) is 14.9. The van der Waals surface area contributed by atoms with Crippen molar-refractivity contribution in [1.82, 2.24) is 10.6 Å². The van der Waals surface area contributed by atoms with E-state index in [0.717, 1.165) is 11.1 Å². The first-order valence-corrected chi connectivity index (χ1v) is 8.62. The fourth-order valence-electron chi connectivity index (χ4n) is 2.75. The molecule has 1 fully saturated rings. The van der Waals surface area contributed by atoms with Crippen LogP contribution in [0.4, 0.5) is 4.79 Å². The number of esters is 1. The number of aryl methyl sites for hydroxylation is 1. The van der Waals surface area contributed by atoms with Crippen LogP contribution in [0.15, 0.2) is 60.7 Å². The average molecular weight is 364 g/mol. The Hall–Kier alpha value is -3.41. The molecule has 3 rings (SSSR count). The van der Waals surface area contributed by atoms with Crippen molar-refractivity contribution in [2.24, 2.45) is 0 Å². The molecule has 1 aliphatic heterocycles. The summed E-state index contributed by atoms with van der Waals surface area (Å²) in [6.45, 7) is 1.70. The largest absolute Gasteiger partial charge is 0.423 e. The average Bonchev–Trinajstić information content (AvgIpc) is 2.92. The zero-order valence-electron chi connectivity index (χ0n) is 14.9. The van der Waals surface area contributed by atoms with Crippen molar-refractivity contribution < 1.29 is 19.1 Å². The predicted octanol–water partition coefficient (Wildman–Crippen LogP) is 2.84. The van der Waals surface area contributed by atoms with E-state index in [1.165, 1.54) is 6.08 Å². The number of benzene rings is 2. The van der Waals surface area contributed by atoms with Gasteiger partial charge in [-0.3, -0.25) is 10.1 Å². The fraction of sp³-hybridized carbons (Fsp3) is 0.190. The second kappa shape index (κ2) is 7.86. The van der Waals surface area contributed by atoms with Crippen LogP contribution < -0.4 is 15.4 Å². The molecule has 0 bridgehead atoms. The van der Waals surface area contributed by atoms with Crippen molar-refractivity contribution >= 4 is 24.0 Å². The van der Waals surface area contributed by atoms with Crippen LogP contribution in [-0.2, 0) is 16.0 Å². The number of carbonyl (C=O) groups is 3. The van der Waals surface area contributed by atoms with Crippen LogP contribution in [0.25, 0.3) is 6.08 Å². The van der Waals surface area contributed by atoms with Gasteiger partial charge in [-0.05, 0) is 49.1 Å². The minimum Gasteiger partial charge on any atom is -0.423 e. The molecule has 0 spiro atoms. The lowest BCUT2D eigenvalue weighted by molar-refractivity contribution is -0.129. The summed E-state index contributed by atoms with van der Waals surface area (Å²) in [4.78, 5) is 35.0. The maximum atomic E-state index is 11.9. The van der Waals surface area contributed by atoms with Gasteiger partial charge in [0.2, 0.25) is 0 Å². The van der Waals surface area contributed by atoms with Gasteiger partial charge in [-0.1, -0.05) is 42.5 Å². The van der Waals surface area contributed by atoms with Crippen molar-refractivity contribution in [2.45, 2.75) is 25.3 Å². The third-order valence-corrected chi connectivity index (χ3v) is 4.38. The number of amides is 3. The Morgan fingerprint density at radius 2 is 1.78 bits per heavy atom. The molecule has 1 heterocycles. The lowest BCUT2D eigenvalue weighted by Gasteiger charge is -2.20. The van der Waals surface area contributed by atoms with Gasteiger partial charge in [0.1, 0.15) is 11.3 Å². The van der Waals surface area contributed by atoms with E-state index in [4.69, 9.17) is 4.74 Å². The van der Waals surface area contributed by atoms with Crippen LogP contribution >= 0.6 is 0 Å². The first kappa shape index (κ1) is 18.4. The highest BCUT2D eigenvalue weighted by Crippen LogP contribution is 2.20. The van der Waals surface area contributed by atoms with Gasteiger partial charge in [0, 0.05) is 6.08 Å². The Morgan fingerprint density at radius 3 is 2.41 bits per heavy atom. The molecule has 1 aliphatic rings. The van der Waals surface area contributed by atoms with E-state index in [9.17, 15) is 14.4 Å². The molecule has 0 unspecified atom stereocenters. The number of urea groups is 1. The third kappa shape index (κ3) is 4.82. The molecular formula is C21H20N2O4. The summed E-state index contributed by atoms with van der Waals surface area (Å²) < 4.78 is 5.27. The Balaban J connectivity index is 1.53. The number of hydrogen-bond donors (Lipinski definition) is 2. The van der Waals surface area contributed by atoms with Gasteiger partial charge in [-0.2, -0.15) is 0 Å². The molecule has 0 radical (unpaired) electrons. The highest BCUT2D eigenvalue weighted by Gasteiger charge is 2.41. The Labute approximate surface area is 157 Å². The van der Waals surface area contributed by atoms with Gasteiger partial charge in [0.05, 0.1) is 0 Å². The number of ether oxygens (including phenoxy) is 1. The van der Waals surface area contributed by atoms with E-state index in [0.29, 0.717) is 18.6 Å². The molecule has 2 N–H and O–H groups in total. The first-order valence-electron chi connectivity index (χ1n) is 8.62. The van der Waals surface area contributed by atoms with Crippen molar-refractivity contribution in [2.75, 3.05) is 0 Å². The van der Waals surface area contributed by atoms with Crippen LogP contribution in [0.5, 0.6) is 5.75 Å². The third-order valence-electron chi connectivity index (χ3n) is 4.38. The molecule has 0 saturated carbocycles. The van der Waals surface area contributed by atoms with Crippen LogP contribution in [0.2, 0.25) is 0 Å². The highest BCUT2D eigenvalue weighted by atomic mass is 16.5. The number of imide groups is 1. The number of hydrogen-bond acceptors (Lipinski definition) is 4. The van der Waals surface area contributed by atoms with Crippen LogP contribution in [0.3, 0.4) is 0 Å². The second-order valence-electron chi connectivity index (χ2n) is 6.55. The number of rotatable bonds is 6. The van der Waals surface area contributed by atoms with Gasteiger partial charge in [-0.15, -0.1) is 0 Å². The minimum absolute atomic E-state index is 0.316. The summed E-state index contributed by atoms with van der Waals surface area (Å²) in [6.07, 6.45) is 4.15. The Morgan fingerprint density at radius 1 is 1.07 bits per heavy atom. The van der Waals surface area contributed by atoms with Gasteiger partial charge in [0.15, 0.2) is 0 Å². The monoisotopic (exact) mass is 364 g/mol. The summed E-state index contributed by atoms with van der Waals surface area (Å²) in [5, 5.41) is 4.88. The molecule has 27 heavy (non-hydrogen) atoms. The van der Waals surface area contributed by atoms with E-state index in [2.05, 4.69) is 10.6 Å². The van der Waals surface area contributed by atoms with Gasteiger partial charge < -0.3 is 10.1 Å². The molecule has 0 aromatic heterocycles. The Bertz CT molecular complexity index is 875. The van der Waals surface area contributed by atoms with Crippen LogP contribution in [-0.4, -0.2) is 23.4 Å². The van der Waals surface area contributed by atoms with Crippen LogP contribution in [0, 0.1) is 0 Å². The molecule has 3 amide bonds. The van der Waals surface area contributed by atoms with E-state index in [1.54, 1.807) is 25.1 Å². The van der Waals surface area contributed by atoms with E-state index < -0.39 is 17.5 Å². The Kier molecular flexibility index (Phi) is 5.35. The second-order valence-corrected chi connectivity index (χ2v) is 6.55. The summed E-state index contributed by atoms with van der Waals surface area (Å²) >= 11 is 0. The van der Waals surface area contributed by atoms with Crippen molar-refractivity contribution in [3.63, 3.8) is 0 Å². The predicted molar refractivity (Wildman–Crippen MR) is 101 cm³/mol. The molecule has 1 saturated heterocycles. The summed E-state index contributed by atoms with van der Waals surface area (Å²) in [7, 11) is 0. The standard InChI is InChI=1S/C21H20N2O4/c1-21(19(25)22-20(26)23-21)14-13-16-7-10-17(11-8-16)27-18(24)12-9-15-5-3-2-4-6-15/h2-12H,13-14H2,1H3,(H2,22,23,25,26)/b12-9+/t21-/m1/s1. The fourth-order valence-corrected chi connectivity index (χ4v) is 2.75. The van der Waals surface area contributed by atoms with Crippen molar-refractivity contribution in [3.8, 4) is 5.75 Å². The lowest BCUT2D eigenvalue weighted by Crippen LogP contribution is -2.43. The normalized spacial score (nSPS) is 19.0. The summed E-state index contributed by atoms with van der Waals surface area (Å²) in [6, 6.07) is 16.1. The number of carbonyl (C=O) groups excluding carboxylic acids is 3. The molecule has 0 aliphatic carbocycles. The quantitative estimate of drug-likeness (QED) is 0.357. The molecule has 1 atom stereocenters. The molecule has 2 aromatic carbocycles. The lowest BCUT2D eigenvalue weighted by atomic mass is 9.93. The maximum absolute atomic E-state index is 11.9. The first-order chi connectivity index (χ1) is 12.9. The minimum atomic E-state index is -0.898. The zero-order chi connectivity index (χ0) is 19.3. The van der Waals surface area contributed by atoms with Crippen molar-refractivity contribution in [1.29, 1.82) is 0 Å². The molecule has 138 valence electrons. The van der Waals surface area contributed by atoms with Crippen LogP contribution in [0.1, 0.15) is 24.5 Å². The smallest absolute Gasteiger partial charge is 0.336 e. The van der Waals surface area contributed by atoms with Crippen molar-refractivity contribution in [3.05, 3.63) is 71.8 Å². The van der Waals surface area contributed by atoms with E-state index in [1.807, 2.05) is 42.5 Å². The van der Waals surface area contributed by atoms with E-state index in [-0.39, 0.29) is 5.91 Å². The summed E-state index contributed by atoms with van der Waals surface area (Å²) in [5.41, 5.74) is 0.996. The van der Waals surface area contributed by atoms with Gasteiger partial charge >= 0.3 is 12.0 Å². The molecule has 6 nitrogen and oxygen atoms in total. The topological polar surface area (TPSA) is 84.5 Å². The van der Waals surface area contributed by atoms with Gasteiger partial charge in [-0.25, -0.2) is 9.59 Å². The van der Waals surface area contributed by atoms with E-state index >= 15 is 0 Å².